The molecule has 3 aromatic carbocycles. The molecule has 6 heteroatoms. The fourth-order valence-electron chi connectivity index (χ4n) is 2.91. The average Bonchev–Trinajstić information content (AvgIpc) is 2.72. The van der Waals surface area contributed by atoms with Gasteiger partial charge in [0.15, 0.2) is 5.11 Å². The van der Waals surface area contributed by atoms with Crippen LogP contribution in [0.25, 0.3) is 10.8 Å². The van der Waals surface area contributed by atoms with Gasteiger partial charge in [0, 0.05) is 6.42 Å². The van der Waals surface area contributed by atoms with Crippen LogP contribution in [-0.4, -0.2) is 16.9 Å². The molecule has 5 nitrogen and oxygen atoms in total. The van der Waals surface area contributed by atoms with E-state index in [1.54, 1.807) is 0 Å². The van der Waals surface area contributed by atoms with E-state index in [2.05, 4.69) is 16.2 Å². The number of carbonyl (C=O) groups excluding carboxylic acids is 2. The predicted molar refractivity (Wildman–Crippen MR) is 114 cm³/mol. The Hall–Kier alpha value is -3.25. The molecule has 0 heterocycles. The first-order chi connectivity index (χ1) is 13.6. The van der Waals surface area contributed by atoms with Crippen molar-refractivity contribution in [3.63, 3.8) is 0 Å². The molecule has 0 radical (unpaired) electrons. The van der Waals surface area contributed by atoms with E-state index in [0.717, 1.165) is 21.9 Å². The highest BCUT2D eigenvalue weighted by molar-refractivity contribution is 7.80. The second-order valence-electron chi connectivity index (χ2n) is 6.35. The number of hydrogen-bond acceptors (Lipinski definition) is 3. The zero-order valence-corrected chi connectivity index (χ0v) is 16.1. The molecule has 28 heavy (non-hydrogen) atoms. The number of thiocarbonyl (C=S) groups is 1. The topological polar surface area (TPSA) is 70.2 Å². The van der Waals surface area contributed by atoms with Crippen LogP contribution in [0.15, 0.2) is 72.8 Å². The van der Waals surface area contributed by atoms with Gasteiger partial charge in [-0.15, -0.1) is 0 Å². The van der Waals surface area contributed by atoms with Gasteiger partial charge in [-0.25, -0.2) is 0 Å². The van der Waals surface area contributed by atoms with E-state index in [-0.39, 0.29) is 23.3 Å². The number of benzene rings is 3. The van der Waals surface area contributed by atoms with Gasteiger partial charge in [-0.05, 0) is 40.5 Å². The van der Waals surface area contributed by atoms with Crippen LogP contribution in [0.2, 0.25) is 0 Å². The van der Waals surface area contributed by atoms with Crippen molar-refractivity contribution in [2.75, 3.05) is 0 Å². The van der Waals surface area contributed by atoms with Crippen LogP contribution in [0.4, 0.5) is 0 Å². The van der Waals surface area contributed by atoms with Crippen molar-refractivity contribution < 1.29 is 9.59 Å². The monoisotopic (exact) mass is 391 g/mol. The quantitative estimate of drug-likeness (QED) is 0.462. The predicted octanol–water partition coefficient (Wildman–Crippen LogP) is 3.04. The number of fused-ring (bicyclic) bond motifs is 1. The Morgan fingerprint density at radius 2 is 1.50 bits per heavy atom. The lowest BCUT2D eigenvalue weighted by Crippen LogP contribution is -2.48. The first-order valence-electron chi connectivity index (χ1n) is 9.01. The summed E-state index contributed by atoms with van der Waals surface area (Å²) in [4.78, 5) is 24.2. The molecule has 142 valence electrons. The Morgan fingerprint density at radius 3 is 2.32 bits per heavy atom. The molecule has 3 rings (SSSR count). The summed E-state index contributed by atoms with van der Waals surface area (Å²) in [5.74, 6) is -0.443. The Kier molecular flexibility index (Phi) is 6.70. The minimum atomic E-state index is -0.243. The van der Waals surface area contributed by atoms with Crippen molar-refractivity contribution in [1.82, 2.24) is 16.2 Å². The van der Waals surface area contributed by atoms with E-state index >= 15 is 0 Å². The number of rotatable bonds is 5. The lowest BCUT2D eigenvalue weighted by molar-refractivity contribution is -0.122. The summed E-state index contributed by atoms with van der Waals surface area (Å²) >= 11 is 5.08. The van der Waals surface area contributed by atoms with Crippen molar-refractivity contribution in [3.05, 3.63) is 83.9 Å². The Bertz CT molecular complexity index is 984. The van der Waals surface area contributed by atoms with Crippen molar-refractivity contribution in [1.29, 1.82) is 0 Å². The lowest BCUT2D eigenvalue weighted by atomic mass is 10.0. The first-order valence-corrected chi connectivity index (χ1v) is 9.42. The van der Waals surface area contributed by atoms with E-state index in [1.807, 2.05) is 72.8 Å². The van der Waals surface area contributed by atoms with Gasteiger partial charge in [0.25, 0.3) is 0 Å². The number of amides is 2. The first kappa shape index (κ1) is 19.5. The van der Waals surface area contributed by atoms with E-state index in [0.29, 0.717) is 12.8 Å². The molecule has 0 aliphatic carbocycles. The van der Waals surface area contributed by atoms with E-state index in [9.17, 15) is 9.59 Å². The minimum Gasteiger partial charge on any atom is -0.302 e. The molecule has 0 aromatic heterocycles. The molecule has 0 aliphatic heterocycles. The van der Waals surface area contributed by atoms with Crippen LogP contribution < -0.4 is 16.2 Å². The van der Waals surface area contributed by atoms with Crippen LogP contribution in [0, 0.1) is 0 Å². The maximum atomic E-state index is 12.3. The smallest absolute Gasteiger partial charge is 0.238 e. The van der Waals surface area contributed by atoms with Crippen molar-refractivity contribution >= 4 is 39.9 Å². The van der Waals surface area contributed by atoms with Gasteiger partial charge in [0.05, 0.1) is 6.42 Å². The van der Waals surface area contributed by atoms with Gasteiger partial charge in [0.2, 0.25) is 11.8 Å². The minimum absolute atomic E-state index is 0.0679. The van der Waals surface area contributed by atoms with E-state index in [4.69, 9.17) is 12.2 Å². The second-order valence-corrected chi connectivity index (χ2v) is 6.76. The standard InChI is InChI=1S/C22H21N3O2S/c26-20(14-13-16-7-2-1-3-8-16)24-25-22(28)23-21(27)15-18-11-6-10-17-9-4-5-12-19(17)18/h1-12H,13-15H2,(H,24,26)(H2,23,25,27,28). The molecule has 0 saturated heterocycles. The average molecular weight is 391 g/mol. The third-order valence-electron chi connectivity index (χ3n) is 4.28. The summed E-state index contributed by atoms with van der Waals surface area (Å²) in [7, 11) is 0. The Balaban J connectivity index is 1.44. The van der Waals surface area contributed by atoms with Gasteiger partial charge in [-0.1, -0.05) is 72.8 Å². The maximum Gasteiger partial charge on any atom is 0.238 e. The molecule has 3 aromatic rings. The molecule has 3 N–H and O–H groups in total. The Labute approximate surface area is 169 Å². The van der Waals surface area contributed by atoms with E-state index in [1.165, 1.54) is 0 Å². The summed E-state index contributed by atoms with van der Waals surface area (Å²) in [5.41, 5.74) is 7.09. The summed E-state index contributed by atoms with van der Waals surface area (Å²) in [5, 5.41) is 4.77. The number of aryl methyl sites for hydroxylation is 1. The summed E-state index contributed by atoms with van der Waals surface area (Å²) < 4.78 is 0. The van der Waals surface area contributed by atoms with Crippen molar-refractivity contribution in [3.8, 4) is 0 Å². The third-order valence-corrected chi connectivity index (χ3v) is 4.49. The van der Waals surface area contributed by atoms with Gasteiger partial charge < -0.3 is 5.32 Å². The highest BCUT2D eigenvalue weighted by atomic mass is 32.1. The molecule has 0 aliphatic rings. The normalized spacial score (nSPS) is 10.3. The van der Waals surface area contributed by atoms with Gasteiger partial charge >= 0.3 is 0 Å². The van der Waals surface area contributed by atoms with Gasteiger partial charge in [-0.3, -0.25) is 20.4 Å². The summed E-state index contributed by atoms with van der Waals surface area (Å²) in [6, 6.07) is 23.5. The summed E-state index contributed by atoms with van der Waals surface area (Å²) in [6.07, 6.45) is 1.16. The van der Waals surface area contributed by atoms with Gasteiger partial charge in [0.1, 0.15) is 0 Å². The summed E-state index contributed by atoms with van der Waals surface area (Å²) in [6.45, 7) is 0. The van der Waals surface area contributed by atoms with Crippen LogP contribution in [0.5, 0.6) is 0 Å². The molecular formula is C22H21N3O2S. The molecule has 0 atom stereocenters. The zero-order chi connectivity index (χ0) is 19.8. The highest BCUT2D eigenvalue weighted by Gasteiger charge is 2.09. The Morgan fingerprint density at radius 1 is 0.786 bits per heavy atom. The van der Waals surface area contributed by atoms with Crippen LogP contribution in [0.1, 0.15) is 17.5 Å². The second kappa shape index (κ2) is 9.62. The van der Waals surface area contributed by atoms with Crippen LogP contribution >= 0.6 is 12.2 Å². The number of hydrogen-bond donors (Lipinski definition) is 3. The highest BCUT2D eigenvalue weighted by Crippen LogP contribution is 2.18. The number of carbonyl (C=O) groups is 2. The molecule has 0 saturated carbocycles. The molecule has 0 fully saturated rings. The lowest BCUT2D eigenvalue weighted by Gasteiger charge is -2.11. The molecule has 0 bridgehead atoms. The van der Waals surface area contributed by atoms with Gasteiger partial charge in [-0.2, -0.15) is 0 Å². The van der Waals surface area contributed by atoms with Crippen LogP contribution in [-0.2, 0) is 22.4 Å². The largest absolute Gasteiger partial charge is 0.302 e. The van der Waals surface area contributed by atoms with Crippen molar-refractivity contribution in [2.24, 2.45) is 0 Å². The van der Waals surface area contributed by atoms with Crippen LogP contribution in [0.3, 0.4) is 0 Å². The molecule has 2 amide bonds. The van der Waals surface area contributed by atoms with E-state index < -0.39 is 0 Å². The fourth-order valence-corrected chi connectivity index (χ4v) is 3.08. The SMILES string of the molecule is O=C(CCc1ccccc1)NNC(=S)NC(=O)Cc1cccc2ccccc12. The molecule has 0 spiro atoms. The number of nitrogens with one attached hydrogen (secondary N) is 3. The maximum absolute atomic E-state index is 12.3. The molecular weight excluding hydrogens is 370 g/mol. The third kappa shape index (κ3) is 5.62. The van der Waals surface area contributed by atoms with Crippen molar-refractivity contribution in [2.45, 2.75) is 19.3 Å². The number of hydrazine groups is 1. The molecule has 0 unspecified atom stereocenters. The fraction of sp³-hybridized carbons (Fsp3) is 0.136. The zero-order valence-electron chi connectivity index (χ0n) is 15.3.